The largest absolute Gasteiger partial charge is 0.330 e. The van der Waals surface area contributed by atoms with Gasteiger partial charge >= 0.3 is 0 Å². The molecule has 0 bridgehead atoms. The number of carbonyl (C=O) groups is 1. The molecule has 0 aliphatic carbocycles. The number of hydrogen-bond acceptors (Lipinski definition) is 3. The minimum atomic E-state index is -0.277. The van der Waals surface area contributed by atoms with E-state index in [-0.39, 0.29) is 17.8 Å². The fourth-order valence-electron chi connectivity index (χ4n) is 3.32. The Labute approximate surface area is 155 Å². The maximum absolute atomic E-state index is 13.0. The zero-order valence-corrected chi connectivity index (χ0v) is 15.1. The molecule has 0 N–H and O–H groups in total. The highest BCUT2D eigenvalue weighted by molar-refractivity contribution is 7.18. The van der Waals surface area contributed by atoms with E-state index in [0.717, 1.165) is 46.6 Å². The highest BCUT2D eigenvalue weighted by Gasteiger charge is 2.29. The summed E-state index contributed by atoms with van der Waals surface area (Å²) in [6.07, 6.45) is 6.38. The molecule has 1 aliphatic heterocycles. The summed E-state index contributed by atoms with van der Waals surface area (Å²) in [4.78, 5) is 19.5. The molecular formula is C21H19FN2OS. The van der Waals surface area contributed by atoms with Crippen LogP contribution in [0.1, 0.15) is 35.9 Å². The van der Waals surface area contributed by atoms with Crippen LogP contribution >= 0.6 is 11.3 Å². The second-order valence-corrected chi connectivity index (χ2v) is 7.51. The fourth-order valence-corrected chi connectivity index (χ4v) is 4.44. The third-order valence-corrected chi connectivity index (χ3v) is 5.81. The van der Waals surface area contributed by atoms with Gasteiger partial charge in [-0.2, -0.15) is 0 Å². The molecule has 26 heavy (non-hydrogen) atoms. The van der Waals surface area contributed by atoms with Gasteiger partial charge in [0, 0.05) is 12.6 Å². The number of halogens is 1. The van der Waals surface area contributed by atoms with Gasteiger partial charge in [0.15, 0.2) is 0 Å². The van der Waals surface area contributed by atoms with Crippen LogP contribution < -0.4 is 0 Å². The van der Waals surface area contributed by atoms with E-state index >= 15 is 0 Å². The molecule has 4 rings (SSSR count). The minimum Gasteiger partial charge on any atom is -0.330 e. The minimum absolute atomic E-state index is 0.0155. The van der Waals surface area contributed by atoms with Gasteiger partial charge in [0.05, 0.1) is 16.3 Å². The van der Waals surface area contributed by atoms with Gasteiger partial charge in [-0.25, -0.2) is 9.37 Å². The molecule has 1 unspecified atom stereocenters. The molecule has 1 fully saturated rings. The fraction of sp³-hybridized carbons (Fsp3) is 0.238. The summed E-state index contributed by atoms with van der Waals surface area (Å²) in [7, 11) is 0. The molecule has 2 aromatic carbocycles. The van der Waals surface area contributed by atoms with Crippen molar-refractivity contribution in [1.82, 2.24) is 9.88 Å². The van der Waals surface area contributed by atoms with E-state index in [4.69, 9.17) is 4.98 Å². The number of aromatic nitrogens is 1. The SMILES string of the molecule is O=C(/C=C/c1ccc(F)cc1)N1CCCCC1c1nc2ccccc2s1. The average Bonchev–Trinajstić information content (AvgIpc) is 3.11. The smallest absolute Gasteiger partial charge is 0.247 e. The molecule has 1 aliphatic rings. The molecule has 5 heteroatoms. The van der Waals surface area contributed by atoms with E-state index in [1.165, 1.54) is 12.1 Å². The standard InChI is InChI=1S/C21H19FN2OS/c22-16-11-8-15(9-12-16)10-13-20(25)24-14-4-3-6-18(24)21-23-17-5-1-2-7-19(17)26-21/h1-2,5,7-13,18H,3-4,6,14H2/b13-10+. The van der Waals surface area contributed by atoms with Gasteiger partial charge in [-0.05, 0) is 55.2 Å². The summed E-state index contributed by atoms with van der Waals surface area (Å²) in [6.45, 7) is 0.743. The molecule has 1 amide bonds. The topological polar surface area (TPSA) is 33.2 Å². The monoisotopic (exact) mass is 366 g/mol. The van der Waals surface area contributed by atoms with Crippen LogP contribution in [0.15, 0.2) is 54.6 Å². The number of piperidine rings is 1. The van der Waals surface area contributed by atoms with Crippen molar-refractivity contribution in [3.8, 4) is 0 Å². The van der Waals surface area contributed by atoms with E-state index in [1.807, 2.05) is 23.1 Å². The number of para-hydroxylation sites is 1. The third kappa shape index (κ3) is 3.53. The van der Waals surface area contributed by atoms with Crippen molar-refractivity contribution >= 4 is 33.5 Å². The number of likely N-dealkylation sites (tertiary alicyclic amines) is 1. The Hall–Kier alpha value is -2.53. The van der Waals surface area contributed by atoms with Gasteiger partial charge in [-0.3, -0.25) is 4.79 Å². The summed E-state index contributed by atoms with van der Waals surface area (Å²) in [5.41, 5.74) is 1.81. The van der Waals surface area contributed by atoms with Crippen LogP contribution in [0.25, 0.3) is 16.3 Å². The summed E-state index contributed by atoms with van der Waals surface area (Å²) in [5, 5.41) is 1.01. The van der Waals surface area contributed by atoms with Crippen LogP contribution in [0, 0.1) is 5.82 Å². The van der Waals surface area contributed by atoms with Crippen molar-refractivity contribution < 1.29 is 9.18 Å². The van der Waals surface area contributed by atoms with Crippen LogP contribution in [-0.2, 0) is 4.79 Å². The lowest BCUT2D eigenvalue weighted by molar-refractivity contribution is -0.129. The highest BCUT2D eigenvalue weighted by atomic mass is 32.1. The average molecular weight is 366 g/mol. The highest BCUT2D eigenvalue weighted by Crippen LogP contribution is 2.35. The Balaban J connectivity index is 1.56. The van der Waals surface area contributed by atoms with Crippen molar-refractivity contribution in [1.29, 1.82) is 0 Å². The van der Waals surface area contributed by atoms with Crippen molar-refractivity contribution in [2.75, 3.05) is 6.54 Å². The van der Waals surface area contributed by atoms with Gasteiger partial charge in [0.25, 0.3) is 0 Å². The van der Waals surface area contributed by atoms with Crippen LogP contribution in [0.2, 0.25) is 0 Å². The van der Waals surface area contributed by atoms with Crippen LogP contribution in [-0.4, -0.2) is 22.3 Å². The number of thiazole rings is 1. The van der Waals surface area contributed by atoms with Crippen molar-refractivity contribution in [2.24, 2.45) is 0 Å². The summed E-state index contributed by atoms with van der Waals surface area (Å²) in [5.74, 6) is -0.293. The second kappa shape index (κ2) is 7.38. The van der Waals surface area contributed by atoms with E-state index in [9.17, 15) is 9.18 Å². The van der Waals surface area contributed by atoms with Crippen molar-refractivity contribution in [3.63, 3.8) is 0 Å². The molecule has 0 saturated carbocycles. The van der Waals surface area contributed by atoms with E-state index in [1.54, 1.807) is 35.6 Å². The zero-order chi connectivity index (χ0) is 17.9. The maximum Gasteiger partial charge on any atom is 0.247 e. The summed E-state index contributed by atoms with van der Waals surface area (Å²) >= 11 is 1.67. The first-order valence-electron chi connectivity index (χ1n) is 8.80. The first-order valence-corrected chi connectivity index (χ1v) is 9.62. The molecule has 1 aromatic heterocycles. The zero-order valence-electron chi connectivity index (χ0n) is 14.3. The number of hydrogen-bond donors (Lipinski definition) is 0. The van der Waals surface area contributed by atoms with E-state index in [0.29, 0.717) is 0 Å². The first-order chi connectivity index (χ1) is 12.7. The quantitative estimate of drug-likeness (QED) is 0.597. The number of carbonyl (C=O) groups excluding carboxylic acids is 1. The van der Waals surface area contributed by atoms with Gasteiger partial charge in [-0.1, -0.05) is 24.3 Å². The lowest BCUT2D eigenvalue weighted by Crippen LogP contribution is -2.37. The number of benzene rings is 2. The van der Waals surface area contributed by atoms with E-state index < -0.39 is 0 Å². The third-order valence-electron chi connectivity index (χ3n) is 4.67. The Bertz CT molecular complexity index is 915. The van der Waals surface area contributed by atoms with Gasteiger partial charge in [-0.15, -0.1) is 11.3 Å². The lowest BCUT2D eigenvalue weighted by Gasteiger charge is -2.33. The van der Waals surface area contributed by atoms with Gasteiger partial charge in [0.1, 0.15) is 10.8 Å². The Morgan fingerprint density at radius 2 is 1.96 bits per heavy atom. The Morgan fingerprint density at radius 1 is 1.15 bits per heavy atom. The van der Waals surface area contributed by atoms with Crippen molar-refractivity contribution in [3.05, 3.63) is 71.0 Å². The molecule has 2 heterocycles. The van der Waals surface area contributed by atoms with Gasteiger partial charge in [0.2, 0.25) is 5.91 Å². The molecule has 3 nitrogen and oxygen atoms in total. The summed E-state index contributed by atoms with van der Waals surface area (Å²) < 4.78 is 14.2. The van der Waals surface area contributed by atoms with Crippen LogP contribution in [0.4, 0.5) is 4.39 Å². The molecule has 1 atom stereocenters. The molecule has 3 aromatic rings. The number of fused-ring (bicyclic) bond motifs is 1. The van der Waals surface area contributed by atoms with Crippen molar-refractivity contribution in [2.45, 2.75) is 25.3 Å². The molecule has 0 spiro atoms. The maximum atomic E-state index is 13.0. The van der Waals surface area contributed by atoms with E-state index in [2.05, 4.69) is 6.07 Å². The first kappa shape index (κ1) is 16.9. The molecular weight excluding hydrogens is 347 g/mol. The number of nitrogens with zero attached hydrogens (tertiary/aromatic N) is 2. The molecule has 1 saturated heterocycles. The Morgan fingerprint density at radius 3 is 2.77 bits per heavy atom. The lowest BCUT2D eigenvalue weighted by atomic mass is 10.0. The van der Waals surface area contributed by atoms with Crippen LogP contribution in [0.3, 0.4) is 0 Å². The number of amides is 1. The second-order valence-electron chi connectivity index (χ2n) is 6.45. The normalized spacial score (nSPS) is 17.9. The predicted molar refractivity (Wildman–Crippen MR) is 103 cm³/mol. The number of rotatable bonds is 3. The predicted octanol–water partition coefficient (Wildman–Crippen LogP) is 5.20. The molecule has 0 radical (unpaired) electrons. The molecule has 132 valence electrons. The Kier molecular flexibility index (Phi) is 4.80. The van der Waals surface area contributed by atoms with Gasteiger partial charge < -0.3 is 4.90 Å². The van der Waals surface area contributed by atoms with Crippen LogP contribution in [0.5, 0.6) is 0 Å². The summed E-state index contributed by atoms with van der Waals surface area (Å²) in [6, 6.07) is 14.2.